The van der Waals surface area contributed by atoms with Gasteiger partial charge in [0, 0.05) is 25.8 Å². The molecule has 37 heavy (non-hydrogen) atoms. The number of nitrogens with zero attached hydrogens (tertiary/aromatic N) is 4. The Kier molecular flexibility index (Phi) is 7.98. The van der Waals surface area contributed by atoms with Gasteiger partial charge in [-0.15, -0.1) is 0 Å². The molecule has 1 unspecified atom stereocenters. The van der Waals surface area contributed by atoms with E-state index in [0.717, 1.165) is 11.1 Å². The van der Waals surface area contributed by atoms with Crippen LogP contribution in [0.3, 0.4) is 0 Å². The molecule has 9 nitrogen and oxygen atoms in total. The summed E-state index contributed by atoms with van der Waals surface area (Å²) < 4.78 is 6.64. The summed E-state index contributed by atoms with van der Waals surface area (Å²) in [7, 11) is 0. The summed E-state index contributed by atoms with van der Waals surface area (Å²) in [5.74, 6) is -0.880. The highest BCUT2D eigenvalue weighted by Gasteiger charge is 2.30. The van der Waals surface area contributed by atoms with E-state index in [4.69, 9.17) is 9.72 Å². The van der Waals surface area contributed by atoms with Crippen LogP contribution in [0.25, 0.3) is 11.7 Å². The Balaban J connectivity index is 1.75. The molecular weight excluding hydrogens is 470 g/mol. The van der Waals surface area contributed by atoms with Crippen molar-refractivity contribution < 1.29 is 14.3 Å². The summed E-state index contributed by atoms with van der Waals surface area (Å²) in [5.41, 5.74) is 1.68. The zero-order chi connectivity index (χ0) is 26.4. The quantitative estimate of drug-likeness (QED) is 0.302. The molecule has 1 aliphatic heterocycles. The van der Waals surface area contributed by atoms with E-state index in [-0.39, 0.29) is 29.6 Å². The molecule has 9 heteroatoms. The highest BCUT2D eigenvalue weighted by molar-refractivity contribution is 6.02. The third-order valence-corrected chi connectivity index (χ3v) is 6.35. The third kappa shape index (κ3) is 5.70. The number of nitriles is 1. The van der Waals surface area contributed by atoms with Crippen LogP contribution >= 0.6 is 0 Å². The van der Waals surface area contributed by atoms with Crippen LogP contribution in [-0.2, 0) is 20.9 Å². The number of pyridine rings is 1. The predicted molar refractivity (Wildman–Crippen MR) is 140 cm³/mol. The number of hydrogen-bond acceptors (Lipinski definition) is 7. The summed E-state index contributed by atoms with van der Waals surface area (Å²) in [6.45, 7) is 5.07. The summed E-state index contributed by atoms with van der Waals surface area (Å²) >= 11 is 0. The molecule has 1 aliphatic rings. The second-order valence-corrected chi connectivity index (χ2v) is 8.91. The molecule has 3 aromatic rings. The van der Waals surface area contributed by atoms with Crippen molar-refractivity contribution in [3.63, 3.8) is 0 Å². The van der Waals surface area contributed by atoms with Gasteiger partial charge in [-0.2, -0.15) is 5.26 Å². The van der Waals surface area contributed by atoms with Gasteiger partial charge in [-0.05, 0) is 50.0 Å². The normalized spacial score (nSPS) is 15.8. The van der Waals surface area contributed by atoms with Gasteiger partial charge in [-0.3, -0.25) is 18.8 Å². The van der Waals surface area contributed by atoms with Gasteiger partial charge in [0.1, 0.15) is 23.1 Å². The zero-order valence-electron chi connectivity index (χ0n) is 20.9. The first-order valence-corrected chi connectivity index (χ1v) is 12.3. The molecule has 0 saturated carbocycles. The SMILES string of the molecule is CCOC(=O)C1CCCN(c2nc3c(C)cccn3c(=O)c2C=C(C#N)C(=O)NCc2ccccc2)C1. The number of piperidine rings is 1. The molecule has 1 amide bonds. The van der Waals surface area contributed by atoms with Crippen molar-refractivity contribution in [2.75, 3.05) is 24.6 Å². The standard InChI is InChI=1S/C28H29N5O4/c1-3-37-28(36)21-12-8-13-32(18-21)25-23(27(35)33-14-7-9-19(2)24(33)31-25)15-22(16-29)26(34)30-17-20-10-5-4-6-11-20/h4-7,9-11,14-15,21H,3,8,12-13,17-18H2,1-2H3,(H,30,34). The Morgan fingerprint density at radius 2 is 2.03 bits per heavy atom. The molecule has 1 N–H and O–H groups in total. The van der Waals surface area contributed by atoms with Gasteiger partial charge >= 0.3 is 5.97 Å². The minimum Gasteiger partial charge on any atom is -0.466 e. The molecule has 3 heterocycles. The van der Waals surface area contributed by atoms with E-state index < -0.39 is 11.5 Å². The van der Waals surface area contributed by atoms with E-state index in [1.807, 2.05) is 54.3 Å². The van der Waals surface area contributed by atoms with Gasteiger partial charge in [0.05, 0.1) is 18.1 Å². The van der Waals surface area contributed by atoms with Gasteiger partial charge in [0.25, 0.3) is 11.5 Å². The smallest absolute Gasteiger partial charge is 0.310 e. The first-order chi connectivity index (χ1) is 17.9. The van der Waals surface area contributed by atoms with Crippen LogP contribution in [0.15, 0.2) is 59.0 Å². The maximum Gasteiger partial charge on any atom is 0.310 e. The lowest BCUT2D eigenvalue weighted by Crippen LogP contribution is -2.41. The van der Waals surface area contributed by atoms with Crippen LogP contribution in [0.4, 0.5) is 5.82 Å². The second-order valence-electron chi connectivity index (χ2n) is 8.91. The van der Waals surface area contributed by atoms with Crippen molar-refractivity contribution in [2.45, 2.75) is 33.2 Å². The number of fused-ring (bicyclic) bond motifs is 1. The van der Waals surface area contributed by atoms with Crippen LogP contribution in [0, 0.1) is 24.2 Å². The number of nitrogens with one attached hydrogen (secondary N) is 1. The highest BCUT2D eigenvalue weighted by Crippen LogP contribution is 2.26. The minimum absolute atomic E-state index is 0.124. The van der Waals surface area contributed by atoms with E-state index in [9.17, 15) is 19.6 Å². The lowest BCUT2D eigenvalue weighted by molar-refractivity contribution is -0.148. The monoisotopic (exact) mass is 499 g/mol. The molecule has 1 atom stereocenters. The maximum absolute atomic E-state index is 13.6. The lowest BCUT2D eigenvalue weighted by atomic mass is 9.97. The van der Waals surface area contributed by atoms with Crippen molar-refractivity contribution in [3.05, 3.63) is 81.3 Å². The minimum atomic E-state index is -0.589. The number of anilines is 1. The zero-order valence-corrected chi connectivity index (χ0v) is 20.9. The maximum atomic E-state index is 13.6. The Labute approximate surface area is 215 Å². The van der Waals surface area contributed by atoms with Crippen molar-refractivity contribution >= 4 is 29.4 Å². The summed E-state index contributed by atoms with van der Waals surface area (Å²) in [5, 5.41) is 12.5. The van der Waals surface area contributed by atoms with Crippen molar-refractivity contribution in [3.8, 4) is 6.07 Å². The molecule has 0 spiro atoms. The molecule has 0 bridgehead atoms. The molecule has 4 rings (SSSR count). The Morgan fingerprint density at radius 1 is 1.24 bits per heavy atom. The summed E-state index contributed by atoms with van der Waals surface area (Å²) in [6, 6.07) is 14.9. The van der Waals surface area contributed by atoms with Gasteiger partial charge in [0.2, 0.25) is 0 Å². The average molecular weight is 500 g/mol. The average Bonchev–Trinajstić information content (AvgIpc) is 2.92. The number of carbonyl (C=O) groups is 2. The predicted octanol–water partition coefficient (Wildman–Crippen LogP) is 3.01. The van der Waals surface area contributed by atoms with E-state index in [0.29, 0.717) is 44.0 Å². The molecule has 1 aromatic carbocycles. The molecular formula is C28H29N5O4. The number of esters is 1. The van der Waals surface area contributed by atoms with Gasteiger partial charge in [0.15, 0.2) is 0 Å². The van der Waals surface area contributed by atoms with Crippen molar-refractivity contribution in [1.82, 2.24) is 14.7 Å². The summed E-state index contributed by atoms with van der Waals surface area (Å²) in [4.78, 5) is 45.6. The molecule has 1 fully saturated rings. The number of benzene rings is 1. The number of aryl methyl sites for hydroxylation is 1. The Hall–Kier alpha value is -4.45. The fourth-order valence-electron chi connectivity index (χ4n) is 4.46. The van der Waals surface area contributed by atoms with E-state index in [1.54, 1.807) is 19.2 Å². The fraction of sp³-hybridized carbons (Fsp3) is 0.321. The first-order valence-electron chi connectivity index (χ1n) is 12.3. The Morgan fingerprint density at radius 3 is 2.76 bits per heavy atom. The van der Waals surface area contributed by atoms with Crippen molar-refractivity contribution in [1.29, 1.82) is 5.26 Å². The number of aromatic nitrogens is 2. The van der Waals surface area contributed by atoms with Gasteiger partial charge in [-0.1, -0.05) is 36.4 Å². The van der Waals surface area contributed by atoms with E-state index >= 15 is 0 Å². The molecule has 1 saturated heterocycles. The lowest BCUT2D eigenvalue weighted by Gasteiger charge is -2.33. The van der Waals surface area contributed by atoms with E-state index in [1.165, 1.54) is 10.5 Å². The molecule has 2 aromatic heterocycles. The van der Waals surface area contributed by atoms with E-state index in [2.05, 4.69) is 5.32 Å². The topological polar surface area (TPSA) is 117 Å². The second kappa shape index (κ2) is 11.5. The number of hydrogen-bond donors (Lipinski definition) is 1. The first kappa shape index (κ1) is 25.6. The summed E-state index contributed by atoms with van der Waals surface area (Å²) in [6.07, 6.45) is 4.30. The number of carbonyl (C=O) groups excluding carboxylic acids is 2. The van der Waals surface area contributed by atoms with Crippen LogP contribution in [0.2, 0.25) is 0 Å². The number of amides is 1. The van der Waals surface area contributed by atoms with Crippen LogP contribution < -0.4 is 15.8 Å². The number of ether oxygens (including phenoxy) is 1. The van der Waals surface area contributed by atoms with Crippen LogP contribution in [-0.4, -0.2) is 41.0 Å². The largest absolute Gasteiger partial charge is 0.466 e. The number of rotatable bonds is 7. The van der Waals surface area contributed by atoms with Crippen LogP contribution in [0.5, 0.6) is 0 Å². The third-order valence-electron chi connectivity index (χ3n) is 6.35. The molecule has 0 radical (unpaired) electrons. The fourth-order valence-corrected chi connectivity index (χ4v) is 4.46. The van der Waals surface area contributed by atoms with Gasteiger partial charge < -0.3 is 15.0 Å². The highest BCUT2D eigenvalue weighted by atomic mass is 16.5. The molecule has 190 valence electrons. The Bertz CT molecular complexity index is 1440. The van der Waals surface area contributed by atoms with Crippen molar-refractivity contribution in [2.24, 2.45) is 5.92 Å². The van der Waals surface area contributed by atoms with Gasteiger partial charge in [-0.25, -0.2) is 4.98 Å². The molecule has 0 aliphatic carbocycles. The van der Waals surface area contributed by atoms with Crippen LogP contribution in [0.1, 0.15) is 36.5 Å².